The van der Waals surface area contributed by atoms with E-state index < -0.39 is 0 Å². The average Bonchev–Trinajstić information content (AvgIpc) is 3.37. The number of furan rings is 1. The standard InChI is InChI=1S/C24H15N3O/c1-2-6-21-18(5-1)19-8-9-22-20(11-13-28-22)24(19)27(21)23-10-7-17(15-26-23)16-4-3-12-25-14-16/h1-15H. The number of hydrogen-bond acceptors (Lipinski definition) is 3. The van der Waals surface area contributed by atoms with Crippen LogP contribution in [0.25, 0.3) is 49.7 Å². The topological polar surface area (TPSA) is 43.9 Å². The van der Waals surface area contributed by atoms with Crippen LogP contribution < -0.4 is 0 Å². The van der Waals surface area contributed by atoms with Gasteiger partial charge in [-0.15, -0.1) is 0 Å². The van der Waals surface area contributed by atoms with E-state index in [2.05, 4.69) is 52.0 Å². The van der Waals surface area contributed by atoms with Crippen LogP contribution in [0.2, 0.25) is 0 Å². The van der Waals surface area contributed by atoms with Crippen LogP contribution in [-0.2, 0) is 0 Å². The summed E-state index contributed by atoms with van der Waals surface area (Å²) < 4.78 is 7.87. The first kappa shape index (κ1) is 15.2. The van der Waals surface area contributed by atoms with Gasteiger partial charge in [-0.05, 0) is 42.5 Å². The van der Waals surface area contributed by atoms with Crippen LogP contribution in [0.1, 0.15) is 0 Å². The maximum Gasteiger partial charge on any atom is 0.137 e. The molecule has 0 fully saturated rings. The molecule has 0 unspecified atom stereocenters. The van der Waals surface area contributed by atoms with Crippen LogP contribution in [-0.4, -0.2) is 14.5 Å². The Labute approximate surface area is 160 Å². The molecule has 0 N–H and O–H groups in total. The van der Waals surface area contributed by atoms with Crippen molar-refractivity contribution >= 4 is 32.8 Å². The summed E-state index contributed by atoms with van der Waals surface area (Å²) >= 11 is 0. The molecule has 0 saturated heterocycles. The highest BCUT2D eigenvalue weighted by Gasteiger charge is 2.16. The van der Waals surface area contributed by atoms with E-state index in [1.54, 1.807) is 12.5 Å². The molecule has 4 heteroatoms. The molecule has 0 bridgehead atoms. The Morgan fingerprint density at radius 3 is 2.50 bits per heavy atom. The van der Waals surface area contributed by atoms with Gasteiger partial charge in [-0.25, -0.2) is 4.98 Å². The fourth-order valence-electron chi connectivity index (χ4n) is 3.96. The minimum atomic E-state index is 0.878. The van der Waals surface area contributed by atoms with Gasteiger partial charge >= 0.3 is 0 Å². The second-order valence-corrected chi connectivity index (χ2v) is 6.79. The van der Waals surface area contributed by atoms with Crippen molar-refractivity contribution in [3.8, 4) is 16.9 Å². The fourth-order valence-corrected chi connectivity index (χ4v) is 3.96. The lowest BCUT2D eigenvalue weighted by Crippen LogP contribution is -1.97. The molecule has 6 rings (SSSR count). The lowest BCUT2D eigenvalue weighted by Gasteiger charge is -2.08. The van der Waals surface area contributed by atoms with Crippen molar-refractivity contribution in [1.82, 2.24) is 14.5 Å². The van der Waals surface area contributed by atoms with E-state index in [1.165, 1.54) is 10.8 Å². The fraction of sp³-hybridized carbons (Fsp3) is 0. The SMILES string of the molecule is c1cncc(-c2ccc(-n3c4ccccc4c4ccc5occc5c43)nc2)c1. The molecule has 0 amide bonds. The van der Waals surface area contributed by atoms with Crippen molar-refractivity contribution in [3.63, 3.8) is 0 Å². The number of fused-ring (bicyclic) bond motifs is 5. The summed E-state index contributed by atoms with van der Waals surface area (Å²) in [5.74, 6) is 0.882. The number of nitrogens with zero attached hydrogens (tertiary/aromatic N) is 3. The largest absolute Gasteiger partial charge is 0.464 e. The van der Waals surface area contributed by atoms with Crippen LogP contribution in [0.15, 0.2) is 96.0 Å². The Kier molecular flexibility index (Phi) is 3.14. The Hall–Kier alpha value is -3.92. The molecular weight excluding hydrogens is 346 g/mol. The zero-order chi connectivity index (χ0) is 18.5. The number of hydrogen-bond donors (Lipinski definition) is 0. The third kappa shape index (κ3) is 2.12. The van der Waals surface area contributed by atoms with Gasteiger partial charge in [0.1, 0.15) is 11.4 Å². The Morgan fingerprint density at radius 2 is 1.64 bits per heavy atom. The molecule has 0 aliphatic rings. The van der Waals surface area contributed by atoms with Crippen molar-refractivity contribution in [1.29, 1.82) is 0 Å². The van der Waals surface area contributed by atoms with Crippen molar-refractivity contribution in [2.75, 3.05) is 0 Å². The van der Waals surface area contributed by atoms with Crippen molar-refractivity contribution < 1.29 is 4.42 Å². The van der Waals surface area contributed by atoms with E-state index in [1.807, 2.05) is 36.7 Å². The molecule has 6 aromatic rings. The lowest BCUT2D eigenvalue weighted by atomic mass is 10.1. The Bertz CT molecular complexity index is 1440. The van der Waals surface area contributed by atoms with Gasteiger partial charge in [-0.1, -0.05) is 24.3 Å². The van der Waals surface area contributed by atoms with Gasteiger partial charge in [0.05, 0.1) is 17.3 Å². The molecule has 0 radical (unpaired) electrons. The van der Waals surface area contributed by atoms with Gasteiger partial charge in [0, 0.05) is 45.9 Å². The normalized spacial score (nSPS) is 11.6. The predicted octanol–water partition coefficient (Wildman–Crippen LogP) is 5.99. The van der Waals surface area contributed by atoms with E-state index in [0.29, 0.717) is 0 Å². The first-order chi connectivity index (χ1) is 13.9. The zero-order valence-electron chi connectivity index (χ0n) is 14.9. The highest BCUT2D eigenvalue weighted by Crippen LogP contribution is 2.36. The molecular formula is C24H15N3O. The third-order valence-corrected chi connectivity index (χ3v) is 5.24. The number of rotatable bonds is 2. The molecule has 0 aliphatic carbocycles. The van der Waals surface area contributed by atoms with Crippen LogP contribution in [0.3, 0.4) is 0 Å². The molecule has 4 heterocycles. The highest BCUT2D eigenvalue weighted by molar-refractivity contribution is 6.17. The summed E-state index contributed by atoms with van der Waals surface area (Å²) in [6.07, 6.45) is 7.28. The molecule has 132 valence electrons. The third-order valence-electron chi connectivity index (χ3n) is 5.24. The minimum Gasteiger partial charge on any atom is -0.464 e. The van der Waals surface area contributed by atoms with Crippen molar-refractivity contribution in [3.05, 3.63) is 91.6 Å². The first-order valence-corrected chi connectivity index (χ1v) is 9.16. The zero-order valence-corrected chi connectivity index (χ0v) is 14.9. The molecule has 0 atom stereocenters. The Balaban J connectivity index is 1.66. The lowest BCUT2D eigenvalue weighted by molar-refractivity contribution is 0.616. The average molecular weight is 361 g/mol. The first-order valence-electron chi connectivity index (χ1n) is 9.16. The quantitative estimate of drug-likeness (QED) is 0.381. The maximum atomic E-state index is 5.65. The number of para-hydroxylation sites is 1. The number of pyridine rings is 2. The highest BCUT2D eigenvalue weighted by atomic mass is 16.3. The molecule has 0 aliphatic heterocycles. The van der Waals surface area contributed by atoms with E-state index in [9.17, 15) is 0 Å². The van der Waals surface area contributed by atoms with Crippen molar-refractivity contribution in [2.45, 2.75) is 0 Å². The molecule has 28 heavy (non-hydrogen) atoms. The summed E-state index contributed by atoms with van der Waals surface area (Å²) in [6, 6.07) is 22.8. The van der Waals surface area contributed by atoms with Crippen LogP contribution >= 0.6 is 0 Å². The van der Waals surface area contributed by atoms with E-state index in [0.717, 1.165) is 38.9 Å². The van der Waals surface area contributed by atoms with Gasteiger partial charge in [0.2, 0.25) is 0 Å². The summed E-state index contributed by atoms with van der Waals surface area (Å²) in [7, 11) is 0. The van der Waals surface area contributed by atoms with E-state index in [-0.39, 0.29) is 0 Å². The van der Waals surface area contributed by atoms with Crippen LogP contribution in [0, 0.1) is 0 Å². The Morgan fingerprint density at radius 1 is 0.714 bits per heavy atom. The van der Waals surface area contributed by atoms with Gasteiger partial charge in [-0.3, -0.25) is 9.55 Å². The summed E-state index contributed by atoms with van der Waals surface area (Å²) in [5, 5.41) is 3.49. The molecule has 0 saturated carbocycles. The van der Waals surface area contributed by atoms with Gasteiger partial charge in [0.15, 0.2) is 0 Å². The van der Waals surface area contributed by atoms with Gasteiger partial charge < -0.3 is 4.42 Å². The minimum absolute atomic E-state index is 0.878. The van der Waals surface area contributed by atoms with Crippen LogP contribution in [0.5, 0.6) is 0 Å². The summed E-state index contributed by atoms with van der Waals surface area (Å²) in [4.78, 5) is 8.99. The smallest absolute Gasteiger partial charge is 0.137 e. The number of benzene rings is 2. The molecule has 4 aromatic heterocycles. The molecule has 2 aromatic carbocycles. The van der Waals surface area contributed by atoms with Gasteiger partial charge in [0.25, 0.3) is 0 Å². The second kappa shape index (κ2) is 5.79. The summed E-state index contributed by atoms with van der Waals surface area (Å²) in [6.45, 7) is 0. The second-order valence-electron chi connectivity index (χ2n) is 6.79. The van der Waals surface area contributed by atoms with Crippen molar-refractivity contribution in [2.24, 2.45) is 0 Å². The maximum absolute atomic E-state index is 5.65. The number of aromatic nitrogens is 3. The summed E-state index contributed by atoms with van der Waals surface area (Å²) in [5.41, 5.74) is 5.23. The predicted molar refractivity (Wildman–Crippen MR) is 112 cm³/mol. The van der Waals surface area contributed by atoms with Crippen LogP contribution in [0.4, 0.5) is 0 Å². The van der Waals surface area contributed by atoms with E-state index in [4.69, 9.17) is 9.40 Å². The van der Waals surface area contributed by atoms with E-state index >= 15 is 0 Å². The molecule has 0 spiro atoms. The monoisotopic (exact) mass is 361 g/mol. The molecule has 4 nitrogen and oxygen atoms in total. The van der Waals surface area contributed by atoms with Gasteiger partial charge in [-0.2, -0.15) is 0 Å².